The van der Waals surface area contributed by atoms with E-state index in [1.54, 1.807) is 19.1 Å². The van der Waals surface area contributed by atoms with Crippen LogP contribution in [0, 0.1) is 17.1 Å². The molecule has 0 saturated heterocycles. The number of hydrogen-bond acceptors (Lipinski definition) is 4. The van der Waals surface area contributed by atoms with Gasteiger partial charge in [-0.1, -0.05) is 12.1 Å². The van der Waals surface area contributed by atoms with E-state index in [2.05, 4.69) is 0 Å². The van der Waals surface area contributed by atoms with Crippen LogP contribution in [0.15, 0.2) is 47.4 Å². The summed E-state index contributed by atoms with van der Waals surface area (Å²) in [6.07, 6.45) is 0.367. The van der Waals surface area contributed by atoms with Crippen molar-refractivity contribution in [2.24, 2.45) is 0 Å². The van der Waals surface area contributed by atoms with Crippen molar-refractivity contribution in [3.8, 4) is 11.8 Å². The standard InChI is InChI=1S/C18H19FN2O3S/c1-13(9-14-5-4-6-16(19)10-14)21(2)25(22,23)18-8-7-15(12-20)11-17(18)24-3/h4-8,10-11,13H,9H2,1-3H3. The van der Waals surface area contributed by atoms with Crippen LogP contribution in [0.5, 0.6) is 5.75 Å². The van der Waals surface area contributed by atoms with Crippen molar-refractivity contribution in [1.29, 1.82) is 5.26 Å². The summed E-state index contributed by atoms with van der Waals surface area (Å²) in [7, 11) is -1.01. The van der Waals surface area contributed by atoms with Crippen molar-refractivity contribution in [3.63, 3.8) is 0 Å². The molecule has 7 heteroatoms. The van der Waals surface area contributed by atoms with Crippen LogP contribution in [-0.4, -0.2) is 32.9 Å². The number of sulfonamides is 1. The molecular formula is C18H19FN2O3S. The molecule has 0 saturated carbocycles. The first-order valence-corrected chi connectivity index (χ1v) is 9.04. The van der Waals surface area contributed by atoms with E-state index < -0.39 is 16.1 Å². The number of nitrogens with zero attached hydrogens (tertiary/aromatic N) is 2. The molecule has 0 amide bonds. The molecular weight excluding hydrogens is 343 g/mol. The number of hydrogen-bond donors (Lipinski definition) is 0. The van der Waals surface area contributed by atoms with Crippen LogP contribution in [0.2, 0.25) is 0 Å². The second kappa shape index (κ2) is 7.64. The Balaban J connectivity index is 2.31. The van der Waals surface area contributed by atoms with Gasteiger partial charge in [-0.2, -0.15) is 9.57 Å². The Morgan fingerprint density at radius 1 is 1.28 bits per heavy atom. The van der Waals surface area contributed by atoms with Crippen LogP contribution in [0.3, 0.4) is 0 Å². The maximum absolute atomic E-state index is 13.3. The van der Waals surface area contributed by atoms with E-state index in [4.69, 9.17) is 10.00 Å². The molecule has 0 heterocycles. The fourth-order valence-corrected chi connectivity index (χ4v) is 3.97. The average molecular weight is 362 g/mol. The summed E-state index contributed by atoms with van der Waals surface area (Å²) in [5, 5.41) is 8.94. The third-order valence-electron chi connectivity index (χ3n) is 3.99. The van der Waals surface area contributed by atoms with Crippen LogP contribution >= 0.6 is 0 Å². The normalized spacial score (nSPS) is 12.6. The number of halogens is 1. The molecule has 0 radical (unpaired) electrons. The highest BCUT2D eigenvalue weighted by Crippen LogP contribution is 2.28. The van der Waals surface area contributed by atoms with E-state index in [9.17, 15) is 12.8 Å². The lowest BCUT2D eigenvalue weighted by molar-refractivity contribution is 0.375. The fraction of sp³-hybridized carbons (Fsp3) is 0.278. The van der Waals surface area contributed by atoms with E-state index in [0.29, 0.717) is 17.5 Å². The van der Waals surface area contributed by atoms with E-state index in [-0.39, 0.29) is 16.5 Å². The highest BCUT2D eigenvalue weighted by molar-refractivity contribution is 7.89. The molecule has 1 unspecified atom stereocenters. The summed E-state index contributed by atoms with van der Waals surface area (Å²) < 4.78 is 45.5. The lowest BCUT2D eigenvalue weighted by Crippen LogP contribution is -2.36. The molecule has 0 aromatic heterocycles. The molecule has 0 aliphatic rings. The van der Waals surface area contributed by atoms with Gasteiger partial charge in [-0.05, 0) is 49.2 Å². The Morgan fingerprint density at radius 3 is 2.60 bits per heavy atom. The molecule has 1 atom stereocenters. The fourth-order valence-electron chi connectivity index (χ4n) is 2.48. The zero-order valence-corrected chi connectivity index (χ0v) is 15.0. The molecule has 0 N–H and O–H groups in total. The molecule has 0 aliphatic heterocycles. The molecule has 0 bridgehead atoms. The second-order valence-electron chi connectivity index (χ2n) is 5.68. The molecule has 0 spiro atoms. The second-order valence-corrected chi connectivity index (χ2v) is 7.65. The molecule has 2 aromatic rings. The summed E-state index contributed by atoms with van der Waals surface area (Å²) in [5.74, 6) is -0.243. The highest BCUT2D eigenvalue weighted by atomic mass is 32.2. The monoisotopic (exact) mass is 362 g/mol. The predicted octanol–water partition coefficient (Wildman–Crippen LogP) is 2.96. The third kappa shape index (κ3) is 4.16. The lowest BCUT2D eigenvalue weighted by atomic mass is 10.1. The maximum atomic E-state index is 13.3. The van der Waals surface area contributed by atoms with E-state index >= 15 is 0 Å². The summed E-state index contributed by atoms with van der Waals surface area (Å²) in [4.78, 5) is -0.0115. The first kappa shape index (κ1) is 18.9. The Bertz CT molecular complexity index is 907. The molecule has 0 aliphatic carbocycles. The Kier molecular flexibility index (Phi) is 5.77. The van der Waals surface area contributed by atoms with Crippen LogP contribution in [0.1, 0.15) is 18.1 Å². The first-order valence-electron chi connectivity index (χ1n) is 7.60. The van der Waals surface area contributed by atoms with Gasteiger partial charge in [-0.15, -0.1) is 0 Å². The number of likely N-dealkylation sites (N-methyl/N-ethyl adjacent to an activating group) is 1. The molecule has 2 aromatic carbocycles. The number of ether oxygens (including phenoxy) is 1. The van der Waals surface area contributed by atoms with Gasteiger partial charge in [-0.25, -0.2) is 12.8 Å². The first-order chi connectivity index (χ1) is 11.8. The van der Waals surface area contributed by atoms with Crippen molar-refractivity contribution in [3.05, 3.63) is 59.4 Å². The minimum absolute atomic E-state index is 0.0115. The Morgan fingerprint density at radius 2 is 2.00 bits per heavy atom. The van der Waals surface area contributed by atoms with Gasteiger partial charge < -0.3 is 4.74 Å². The Labute approximate surface area is 147 Å². The summed E-state index contributed by atoms with van der Waals surface area (Å²) in [6.45, 7) is 1.75. The van der Waals surface area contributed by atoms with E-state index in [0.717, 1.165) is 0 Å². The SMILES string of the molecule is COc1cc(C#N)ccc1S(=O)(=O)N(C)C(C)Cc1cccc(F)c1. The van der Waals surface area contributed by atoms with Gasteiger partial charge in [0.2, 0.25) is 10.0 Å². The molecule has 0 fully saturated rings. The van der Waals surface area contributed by atoms with Gasteiger partial charge in [-0.3, -0.25) is 0 Å². The van der Waals surface area contributed by atoms with Crippen LogP contribution in [0.25, 0.3) is 0 Å². The Hall–Kier alpha value is -2.43. The topological polar surface area (TPSA) is 70.4 Å². The minimum Gasteiger partial charge on any atom is -0.495 e. The van der Waals surface area contributed by atoms with Crippen LogP contribution in [0.4, 0.5) is 4.39 Å². The van der Waals surface area contributed by atoms with Crippen molar-refractivity contribution in [1.82, 2.24) is 4.31 Å². The lowest BCUT2D eigenvalue weighted by Gasteiger charge is -2.25. The number of benzene rings is 2. The number of nitriles is 1. The summed E-state index contributed by atoms with van der Waals surface area (Å²) in [5.41, 5.74) is 1.02. The van der Waals surface area contributed by atoms with E-state index in [1.807, 2.05) is 6.07 Å². The largest absolute Gasteiger partial charge is 0.495 e. The van der Waals surface area contributed by atoms with Crippen LogP contribution < -0.4 is 4.74 Å². The van der Waals surface area contributed by atoms with Crippen molar-refractivity contribution in [2.75, 3.05) is 14.2 Å². The van der Waals surface area contributed by atoms with Gasteiger partial charge in [0.05, 0.1) is 18.7 Å². The van der Waals surface area contributed by atoms with Crippen molar-refractivity contribution < 1.29 is 17.5 Å². The zero-order valence-electron chi connectivity index (χ0n) is 14.2. The summed E-state index contributed by atoms with van der Waals surface area (Å²) >= 11 is 0. The molecule has 132 valence electrons. The van der Waals surface area contributed by atoms with Gasteiger partial charge in [0, 0.05) is 13.1 Å². The van der Waals surface area contributed by atoms with Crippen LogP contribution in [-0.2, 0) is 16.4 Å². The van der Waals surface area contributed by atoms with E-state index in [1.165, 1.54) is 48.8 Å². The number of methoxy groups -OCH3 is 1. The predicted molar refractivity (Wildman–Crippen MR) is 92.2 cm³/mol. The van der Waals surface area contributed by atoms with Gasteiger partial charge in [0.15, 0.2) is 0 Å². The average Bonchev–Trinajstić information content (AvgIpc) is 2.60. The molecule has 5 nitrogen and oxygen atoms in total. The van der Waals surface area contributed by atoms with Crippen molar-refractivity contribution >= 4 is 10.0 Å². The smallest absolute Gasteiger partial charge is 0.246 e. The maximum Gasteiger partial charge on any atom is 0.246 e. The molecule has 25 heavy (non-hydrogen) atoms. The van der Waals surface area contributed by atoms with Crippen molar-refractivity contribution in [2.45, 2.75) is 24.3 Å². The quantitative estimate of drug-likeness (QED) is 0.792. The number of rotatable bonds is 6. The summed E-state index contributed by atoms with van der Waals surface area (Å²) in [6, 6.07) is 11.8. The highest BCUT2D eigenvalue weighted by Gasteiger charge is 2.28. The van der Waals surface area contributed by atoms with Gasteiger partial charge in [0.25, 0.3) is 0 Å². The minimum atomic E-state index is -3.83. The molecule has 2 rings (SSSR count). The zero-order chi connectivity index (χ0) is 18.6. The third-order valence-corrected chi connectivity index (χ3v) is 6.00. The van der Waals surface area contributed by atoms with Gasteiger partial charge >= 0.3 is 0 Å². The van der Waals surface area contributed by atoms with Gasteiger partial charge in [0.1, 0.15) is 16.5 Å².